The summed E-state index contributed by atoms with van der Waals surface area (Å²) in [5, 5.41) is 8.55. The van der Waals surface area contributed by atoms with Gasteiger partial charge in [-0.3, -0.25) is 4.79 Å². The molecule has 1 unspecified atom stereocenters. The van der Waals surface area contributed by atoms with Crippen molar-refractivity contribution in [3.8, 4) is 6.07 Å². The molecule has 0 aliphatic rings. The predicted molar refractivity (Wildman–Crippen MR) is 57.8 cm³/mol. The van der Waals surface area contributed by atoms with Crippen molar-refractivity contribution in [1.29, 1.82) is 5.26 Å². The maximum atomic E-state index is 13.1. The molecule has 0 radical (unpaired) electrons. The Morgan fingerprint density at radius 3 is 2.87 bits per heavy atom. The Labute approximate surface area is 95.8 Å². The molecule has 0 spiro atoms. The van der Waals surface area contributed by atoms with Crippen molar-refractivity contribution in [2.45, 2.75) is 13.3 Å². The average molecular weight is 270 g/mol. The molecule has 0 aromatic heterocycles. The van der Waals surface area contributed by atoms with E-state index < -0.39 is 5.82 Å². The summed E-state index contributed by atoms with van der Waals surface area (Å²) in [4.78, 5) is 11.5. The molecule has 0 bridgehead atoms. The first kappa shape index (κ1) is 11.9. The maximum absolute atomic E-state index is 13.1. The molecule has 1 rings (SSSR count). The van der Waals surface area contributed by atoms with Crippen molar-refractivity contribution in [2.24, 2.45) is 5.92 Å². The first-order valence-corrected chi connectivity index (χ1v) is 5.21. The number of nitrogens with zero attached hydrogens (tertiary/aromatic N) is 1. The Morgan fingerprint density at radius 2 is 2.33 bits per heavy atom. The van der Waals surface area contributed by atoms with Crippen molar-refractivity contribution >= 4 is 21.7 Å². The van der Waals surface area contributed by atoms with Crippen LogP contribution in [0.4, 0.5) is 4.39 Å². The van der Waals surface area contributed by atoms with E-state index in [9.17, 15) is 9.18 Å². The highest BCUT2D eigenvalue weighted by Crippen LogP contribution is 2.18. The highest BCUT2D eigenvalue weighted by atomic mass is 79.9. The fraction of sp³-hybridized carbons (Fsp3) is 0.273. The average Bonchev–Trinajstić information content (AvgIpc) is 2.21. The first-order valence-electron chi connectivity index (χ1n) is 4.42. The van der Waals surface area contributed by atoms with Crippen LogP contribution in [0.5, 0.6) is 0 Å². The molecule has 0 N–H and O–H groups in total. The number of hydrogen-bond donors (Lipinski definition) is 0. The van der Waals surface area contributed by atoms with Crippen LogP contribution in [0.25, 0.3) is 0 Å². The van der Waals surface area contributed by atoms with Crippen LogP contribution in [0.2, 0.25) is 0 Å². The number of hydrogen-bond acceptors (Lipinski definition) is 2. The Morgan fingerprint density at radius 1 is 1.67 bits per heavy atom. The number of ketones is 1. The molecule has 0 saturated heterocycles. The van der Waals surface area contributed by atoms with Gasteiger partial charge in [0.1, 0.15) is 5.82 Å². The standard InChI is InChI=1S/C11H9BrFNO/c1-7(6-14)4-11(15)8-2-3-9(12)10(13)5-8/h2-3,5,7H,4H2,1H3. The van der Waals surface area contributed by atoms with Crippen molar-refractivity contribution in [3.63, 3.8) is 0 Å². The van der Waals surface area contributed by atoms with E-state index in [0.29, 0.717) is 10.0 Å². The Hall–Kier alpha value is -1.21. The van der Waals surface area contributed by atoms with Crippen LogP contribution in [-0.4, -0.2) is 5.78 Å². The summed E-state index contributed by atoms with van der Waals surface area (Å²) in [5.41, 5.74) is 0.304. The van der Waals surface area contributed by atoms with Gasteiger partial charge in [0.05, 0.1) is 16.5 Å². The third-order valence-corrected chi connectivity index (χ3v) is 2.60. The van der Waals surface area contributed by atoms with Gasteiger partial charge in [0.2, 0.25) is 0 Å². The minimum absolute atomic E-state index is 0.123. The lowest BCUT2D eigenvalue weighted by Crippen LogP contribution is -2.04. The van der Waals surface area contributed by atoms with E-state index in [1.54, 1.807) is 13.0 Å². The minimum Gasteiger partial charge on any atom is -0.294 e. The van der Waals surface area contributed by atoms with Crippen LogP contribution in [0.1, 0.15) is 23.7 Å². The summed E-state index contributed by atoms with van der Waals surface area (Å²) in [7, 11) is 0. The number of benzene rings is 1. The zero-order valence-electron chi connectivity index (χ0n) is 8.13. The molecule has 0 aliphatic carbocycles. The summed E-state index contributed by atoms with van der Waals surface area (Å²) >= 11 is 3.00. The number of rotatable bonds is 3. The third-order valence-electron chi connectivity index (χ3n) is 1.95. The lowest BCUT2D eigenvalue weighted by atomic mass is 10.0. The third kappa shape index (κ3) is 3.14. The molecule has 4 heteroatoms. The molecule has 0 aliphatic heterocycles. The smallest absolute Gasteiger partial charge is 0.164 e. The van der Waals surface area contributed by atoms with E-state index in [2.05, 4.69) is 15.9 Å². The largest absolute Gasteiger partial charge is 0.294 e. The highest BCUT2D eigenvalue weighted by Gasteiger charge is 2.12. The molecule has 0 amide bonds. The molecule has 0 fully saturated rings. The lowest BCUT2D eigenvalue weighted by molar-refractivity contribution is 0.0972. The van der Waals surface area contributed by atoms with E-state index in [1.807, 2.05) is 6.07 Å². The number of carbonyl (C=O) groups excluding carboxylic acids is 1. The normalized spacial score (nSPS) is 11.9. The predicted octanol–water partition coefficient (Wildman–Crippen LogP) is 3.32. The van der Waals surface area contributed by atoms with Crippen molar-refractivity contribution < 1.29 is 9.18 Å². The number of halogens is 2. The van der Waals surface area contributed by atoms with Gasteiger partial charge in [-0.25, -0.2) is 4.39 Å². The van der Waals surface area contributed by atoms with Crippen LogP contribution < -0.4 is 0 Å². The molecule has 78 valence electrons. The Kier molecular flexibility index (Phi) is 3.98. The molecule has 1 atom stereocenters. The fourth-order valence-corrected chi connectivity index (χ4v) is 1.36. The maximum Gasteiger partial charge on any atom is 0.164 e. The summed E-state index contributed by atoms with van der Waals surface area (Å²) < 4.78 is 13.4. The van der Waals surface area contributed by atoms with Gasteiger partial charge < -0.3 is 0 Å². The van der Waals surface area contributed by atoms with E-state index in [0.717, 1.165) is 0 Å². The van der Waals surface area contributed by atoms with Gasteiger partial charge >= 0.3 is 0 Å². The molecular weight excluding hydrogens is 261 g/mol. The molecule has 0 heterocycles. The van der Waals surface area contributed by atoms with Gasteiger partial charge in [0.15, 0.2) is 5.78 Å². The molecule has 15 heavy (non-hydrogen) atoms. The number of nitriles is 1. The second-order valence-electron chi connectivity index (χ2n) is 3.29. The van der Waals surface area contributed by atoms with E-state index in [1.165, 1.54) is 12.1 Å². The summed E-state index contributed by atoms with van der Waals surface area (Å²) in [6.07, 6.45) is 0.123. The highest BCUT2D eigenvalue weighted by molar-refractivity contribution is 9.10. The summed E-state index contributed by atoms with van der Waals surface area (Å²) in [5.74, 6) is -1.02. The molecule has 2 nitrogen and oxygen atoms in total. The first-order chi connectivity index (χ1) is 7.04. The fourth-order valence-electron chi connectivity index (χ4n) is 1.11. The minimum atomic E-state index is -0.467. The second kappa shape index (κ2) is 5.04. The van der Waals surface area contributed by atoms with Crippen LogP contribution in [-0.2, 0) is 0 Å². The Bertz CT molecular complexity index is 425. The molecule has 1 aromatic rings. The van der Waals surface area contributed by atoms with Crippen molar-refractivity contribution in [3.05, 3.63) is 34.1 Å². The molecular formula is C11H9BrFNO. The molecule has 1 aromatic carbocycles. The zero-order valence-corrected chi connectivity index (χ0v) is 9.71. The van der Waals surface area contributed by atoms with Crippen molar-refractivity contribution in [2.75, 3.05) is 0 Å². The van der Waals surface area contributed by atoms with Gasteiger partial charge in [-0.2, -0.15) is 5.26 Å². The quantitative estimate of drug-likeness (QED) is 0.790. The Balaban J connectivity index is 2.84. The lowest BCUT2D eigenvalue weighted by Gasteiger charge is -2.03. The molecule has 0 saturated carbocycles. The second-order valence-corrected chi connectivity index (χ2v) is 4.14. The topological polar surface area (TPSA) is 40.9 Å². The SMILES string of the molecule is CC(C#N)CC(=O)c1ccc(Br)c(F)c1. The monoisotopic (exact) mass is 269 g/mol. The van der Waals surface area contributed by atoms with Crippen LogP contribution >= 0.6 is 15.9 Å². The summed E-state index contributed by atoms with van der Waals surface area (Å²) in [6.45, 7) is 1.66. The van der Waals surface area contributed by atoms with E-state index >= 15 is 0 Å². The van der Waals surface area contributed by atoms with E-state index in [-0.39, 0.29) is 18.1 Å². The van der Waals surface area contributed by atoms with Crippen LogP contribution in [0.3, 0.4) is 0 Å². The zero-order chi connectivity index (χ0) is 11.4. The van der Waals surface area contributed by atoms with Gasteiger partial charge in [0, 0.05) is 12.0 Å². The summed E-state index contributed by atoms with van der Waals surface area (Å²) in [6, 6.07) is 6.17. The number of carbonyl (C=O) groups is 1. The van der Waals surface area contributed by atoms with Crippen LogP contribution in [0.15, 0.2) is 22.7 Å². The van der Waals surface area contributed by atoms with Gasteiger partial charge in [-0.05, 0) is 35.0 Å². The van der Waals surface area contributed by atoms with E-state index in [4.69, 9.17) is 5.26 Å². The van der Waals surface area contributed by atoms with Crippen LogP contribution in [0, 0.1) is 23.1 Å². The van der Waals surface area contributed by atoms with Gasteiger partial charge in [-0.15, -0.1) is 0 Å². The van der Waals surface area contributed by atoms with Gasteiger partial charge in [0.25, 0.3) is 0 Å². The van der Waals surface area contributed by atoms with Crippen molar-refractivity contribution in [1.82, 2.24) is 0 Å². The number of Topliss-reactive ketones (excluding diaryl/α,β-unsaturated/α-hetero) is 1. The van der Waals surface area contributed by atoms with Gasteiger partial charge in [-0.1, -0.05) is 6.07 Å².